The van der Waals surface area contributed by atoms with Gasteiger partial charge < -0.3 is 14.4 Å². The number of hydrogen-bond acceptors (Lipinski definition) is 4. The van der Waals surface area contributed by atoms with Crippen molar-refractivity contribution in [3.8, 4) is 33.8 Å². The predicted octanol–water partition coefficient (Wildman–Crippen LogP) is 13.1. The van der Waals surface area contributed by atoms with E-state index in [1.54, 1.807) is 0 Å². The van der Waals surface area contributed by atoms with E-state index in [1.165, 1.54) is 44.5 Å². The summed E-state index contributed by atoms with van der Waals surface area (Å²) in [5.74, 6) is 0.802. The number of rotatable bonds is 6. The van der Waals surface area contributed by atoms with Crippen molar-refractivity contribution >= 4 is 22.1 Å². The maximum Gasteiger partial charge on any atom is 0.216 e. The van der Waals surface area contributed by atoms with Crippen LogP contribution >= 0.6 is 0 Å². The van der Waals surface area contributed by atoms with Gasteiger partial charge >= 0.3 is 0 Å². The normalized spacial score (nSPS) is 11.6. The van der Waals surface area contributed by atoms with Crippen molar-refractivity contribution in [3.05, 3.63) is 136 Å². The molecule has 4 aromatic heterocycles. The van der Waals surface area contributed by atoms with Gasteiger partial charge in [0, 0.05) is 43.4 Å². The van der Waals surface area contributed by atoms with Crippen molar-refractivity contribution in [2.75, 3.05) is 0 Å². The van der Waals surface area contributed by atoms with Gasteiger partial charge in [0.1, 0.15) is 0 Å². The molecule has 0 fully saturated rings. The Morgan fingerprint density at radius 3 is 2.00 bits per heavy atom. The second-order valence-electron chi connectivity index (χ2n) is 16.0. The molecular weight excluding hydrogens is 827 g/mol. The van der Waals surface area contributed by atoms with Crippen LogP contribution in [0.15, 0.2) is 89.6 Å². The molecule has 0 unspecified atom stereocenters. The standard InChI is InChI=1S/C34H37N2O.C14H14N.Ir/c1-20(2)24-11-9-12-25(21(3)4)31(24)29-16-15-27-26-13-10-14-28(32(26)37-33(27)36-29)30-17-23(18-34(6,7)8)22(5)19-35-30;1-10-4-6-13(7-5-10)14-8-11(2)12(3)9-15-14;/h9-13,15-17,19-21H,18H2,1-8H3;4-6,8-9H,1-3H3;/q2*-1;. The van der Waals surface area contributed by atoms with Crippen molar-refractivity contribution < 1.29 is 24.5 Å². The molecule has 0 saturated heterocycles. The largest absolute Gasteiger partial charge is 0.486 e. The van der Waals surface area contributed by atoms with E-state index >= 15 is 0 Å². The zero-order valence-electron chi connectivity index (χ0n) is 33.0. The summed E-state index contributed by atoms with van der Waals surface area (Å²) in [6, 6.07) is 32.0. The van der Waals surface area contributed by atoms with Crippen molar-refractivity contribution in [1.82, 2.24) is 15.0 Å². The van der Waals surface area contributed by atoms with Gasteiger partial charge in [-0.05, 0) is 90.2 Å². The monoisotopic (exact) mass is 878 g/mol. The number of hydrogen-bond donors (Lipinski definition) is 0. The number of aryl methyl sites for hydroxylation is 4. The number of pyridine rings is 3. The Kier molecular flexibility index (Phi) is 12.2. The number of aromatic nitrogens is 3. The molecule has 4 nitrogen and oxygen atoms in total. The molecule has 0 aliphatic rings. The third-order valence-corrected chi connectivity index (χ3v) is 9.74. The zero-order valence-corrected chi connectivity index (χ0v) is 35.4. The van der Waals surface area contributed by atoms with E-state index in [1.807, 2.05) is 24.5 Å². The third kappa shape index (κ3) is 8.86. The minimum atomic E-state index is 0. The molecule has 275 valence electrons. The van der Waals surface area contributed by atoms with Crippen LogP contribution in [-0.4, -0.2) is 15.0 Å². The first kappa shape index (κ1) is 39.8. The molecule has 5 heteroatoms. The van der Waals surface area contributed by atoms with Gasteiger partial charge in [-0.25, -0.2) is 4.98 Å². The fourth-order valence-electron chi connectivity index (χ4n) is 6.70. The second-order valence-corrected chi connectivity index (χ2v) is 16.0. The van der Waals surface area contributed by atoms with E-state index in [9.17, 15) is 0 Å². The Morgan fingerprint density at radius 1 is 0.698 bits per heavy atom. The molecule has 4 heterocycles. The van der Waals surface area contributed by atoms with Gasteiger partial charge in [0.2, 0.25) is 5.71 Å². The molecule has 1 radical (unpaired) electrons. The van der Waals surface area contributed by atoms with Crippen molar-refractivity contribution in [2.45, 2.75) is 94.4 Å². The molecule has 0 N–H and O–H groups in total. The van der Waals surface area contributed by atoms with E-state index in [0.29, 0.717) is 17.5 Å². The van der Waals surface area contributed by atoms with Crippen LogP contribution in [0.1, 0.15) is 99.2 Å². The summed E-state index contributed by atoms with van der Waals surface area (Å²) in [6.07, 6.45) is 4.87. The maximum atomic E-state index is 6.49. The summed E-state index contributed by atoms with van der Waals surface area (Å²) in [7, 11) is 0. The van der Waals surface area contributed by atoms with E-state index in [2.05, 4.69) is 154 Å². The topological polar surface area (TPSA) is 51.8 Å². The van der Waals surface area contributed by atoms with Crippen LogP contribution in [0.25, 0.3) is 55.8 Å². The molecule has 0 saturated carbocycles. The van der Waals surface area contributed by atoms with Gasteiger partial charge in [0.05, 0.1) is 11.3 Å². The first-order valence-corrected chi connectivity index (χ1v) is 18.4. The van der Waals surface area contributed by atoms with Crippen LogP contribution in [0.3, 0.4) is 0 Å². The van der Waals surface area contributed by atoms with Crippen molar-refractivity contribution in [2.24, 2.45) is 5.41 Å². The SMILES string of the molecule is Cc1c[c-]c(-c2cc(C)c(C)cn2)cc1.Cc1cnc(-c2[c-]ccc3c2oc2nc(-c4c(C(C)C)cccc4C(C)C)ccc23)cc1CC(C)(C)C.[Ir]. The summed E-state index contributed by atoms with van der Waals surface area (Å²) in [4.78, 5) is 14.3. The Hall–Kier alpha value is -4.44. The average Bonchev–Trinajstić information content (AvgIpc) is 3.48. The smallest absolute Gasteiger partial charge is 0.216 e. The van der Waals surface area contributed by atoms with Gasteiger partial charge in [-0.3, -0.25) is 0 Å². The van der Waals surface area contributed by atoms with Gasteiger partial charge in [0.25, 0.3) is 0 Å². The summed E-state index contributed by atoms with van der Waals surface area (Å²) < 4.78 is 6.49. The number of furan rings is 1. The molecule has 0 amide bonds. The molecule has 0 spiro atoms. The molecule has 0 atom stereocenters. The fourth-order valence-corrected chi connectivity index (χ4v) is 6.70. The zero-order chi connectivity index (χ0) is 37.3. The van der Waals surface area contributed by atoms with E-state index in [4.69, 9.17) is 14.4 Å². The van der Waals surface area contributed by atoms with Crippen molar-refractivity contribution in [1.29, 1.82) is 0 Å². The molecular formula is C48H51IrN3O-2. The van der Waals surface area contributed by atoms with Crippen LogP contribution < -0.4 is 0 Å². The van der Waals surface area contributed by atoms with Crippen LogP contribution in [0, 0.1) is 45.2 Å². The number of nitrogens with zero attached hydrogens (tertiary/aromatic N) is 3. The third-order valence-electron chi connectivity index (χ3n) is 9.74. The molecule has 0 aliphatic heterocycles. The summed E-state index contributed by atoms with van der Waals surface area (Å²) in [6.45, 7) is 24.2. The Bertz CT molecular complexity index is 2330. The van der Waals surface area contributed by atoms with Crippen LogP contribution in [-0.2, 0) is 26.5 Å². The maximum absolute atomic E-state index is 6.49. The number of fused-ring (bicyclic) bond motifs is 3. The van der Waals surface area contributed by atoms with Crippen molar-refractivity contribution in [3.63, 3.8) is 0 Å². The Labute approximate surface area is 329 Å². The Balaban J connectivity index is 0.000000283. The molecule has 3 aromatic carbocycles. The molecule has 7 aromatic rings. The summed E-state index contributed by atoms with van der Waals surface area (Å²) in [5.41, 5.74) is 16.6. The van der Waals surface area contributed by atoms with Crippen LogP contribution in [0.4, 0.5) is 0 Å². The van der Waals surface area contributed by atoms with Crippen LogP contribution in [0.2, 0.25) is 0 Å². The first-order valence-electron chi connectivity index (χ1n) is 18.4. The van der Waals surface area contributed by atoms with E-state index < -0.39 is 0 Å². The van der Waals surface area contributed by atoms with Gasteiger partial charge in [0.15, 0.2) is 0 Å². The molecule has 0 bridgehead atoms. The fraction of sp³-hybridized carbons (Fsp3) is 0.312. The van der Waals surface area contributed by atoms with Gasteiger partial charge in [-0.15, -0.1) is 53.6 Å². The molecule has 53 heavy (non-hydrogen) atoms. The molecule has 7 rings (SSSR count). The minimum Gasteiger partial charge on any atom is -0.486 e. The van der Waals surface area contributed by atoms with Gasteiger partial charge in [-0.2, -0.15) is 0 Å². The Morgan fingerprint density at radius 2 is 1.38 bits per heavy atom. The molecule has 0 aliphatic carbocycles. The van der Waals surface area contributed by atoms with Gasteiger partial charge in [-0.1, -0.05) is 108 Å². The van der Waals surface area contributed by atoms with E-state index in [-0.39, 0.29) is 25.5 Å². The minimum absolute atomic E-state index is 0. The summed E-state index contributed by atoms with van der Waals surface area (Å²) in [5, 5.41) is 2.06. The quantitative estimate of drug-likeness (QED) is 0.156. The first-order chi connectivity index (χ1) is 24.7. The average molecular weight is 878 g/mol. The van der Waals surface area contributed by atoms with E-state index in [0.717, 1.165) is 51.0 Å². The van der Waals surface area contributed by atoms with Crippen LogP contribution in [0.5, 0.6) is 0 Å². The predicted molar refractivity (Wildman–Crippen MR) is 218 cm³/mol. The summed E-state index contributed by atoms with van der Waals surface area (Å²) >= 11 is 0. The second kappa shape index (κ2) is 16.3. The number of benzene rings is 3.